The predicted molar refractivity (Wildman–Crippen MR) is 101 cm³/mol. The zero-order valence-corrected chi connectivity index (χ0v) is 14.6. The molecule has 1 heterocycles. The van der Waals surface area contributed by atoms with Crippen LogP contribution >= 0.6 is 0 Å². The molecule has 26 heavy (non-hydrogen) atoms. The molecule has 0 aliphatic rings. The van der Waals surface area contributed by atoms with Crippen molar-refractivity contribution in [3.05, 3.63) is 76.3 Å². The molecule has 0 unspecified atom stereocenters. The van der Waals surface area contributed by atoms with Crippen LogP contribution in [0, 0.1) is 0 Å². The Balaban J connectivity index is 1.85. The molecule has 2 aromatic carbocycles. The van der Waals surface area contributed by atoms with Crippen LogP contribution in [0.15, 0.2) is 59.4 Å². The number of nitrogens with one attached hydrogen (secondary N) is 2. The van der Waals surface area contributed by atoms with Gasteiger partial charge in [0.05, 0.1) is 12.8 Å². The Morgan fingerprint density at radius 1 is 1.12 bits per heavy atom. The number of aromatic nitrogens is 2. The van der Waals surface area contributed by atoms with Crippen molar-refractivity contribution in [1.82, 2.24) is 9.97 Å². The van der Waals surface area contributed by atoms with Crippen LogP contribution in [0.25, 0.3) is 11.3 Å². The highest BCUT2D eigenvalue weighted by atomic mass is 16.5. The molecule has 0 saturated heterocycles. The molecule has 132 valence electrons. The molecule has 2 N–H and O–H groups in total. The highest BCUT2D eigenvalue weighted by Crippen LogP contribution is 2.20. The first kappa shape index (κ1) is 17.4. The molecular weight excluding hydrogens is 330 g/mol. The fourth-order valence-corrected chi connectivity index (χ4v) is 2.51. The zero-order chi connectivity index (χ0) is 18.5. The normalized spacial score (nSPS) is 10.4. The minimum atomic E-state index is -0.579. The summed E-state index contributed by atoms with van der Waals surface area (Å²) in [4.78, 5) is 30.8. The number of rotatable bonds is 5. The molecule has 0 saturated carbocycles. The number of nitrogens with zero attached hydrogens (tertiary/aromatic N) is 1. The van der Waals surface area contributed by atoms with E-state index in [1.807, 2.05) is 24.3 Å². The third-order valence-corrected chi connectivity index (χ3v) is 4.00. The van der Waals surface area contributed by atoms with Gasteiger partial charge in [0, 0.05) is 11.3 Å². The van der Waals surface area contributed by atoms with Gasteiger partial charge in [0.2, 0.25) is 0 Å². The lowest BCUT2D eigenvalue weighted by Crippen LogP contribution is -2.21. The van der Waals surface area contributed by atoms with Crippen molar-refractivity contribution in [3.63, 3.8) is 0 Å². The second-order valence-corrected chi connectivity index (χ2v) is 5.72. The molecule has 3 aromatic rings. The van der Waals surface area contributed by atoms with E-state index >= 15 is 0 Å². The Morgan fingerprint density at radius 3 is 2.42 bits per heavy atom. The van der Waals surface area contributed by atoms with Crippen LogP contribution < -0.4 is 15.7 Å². The first-order valence-electron chi connectivity index (χ1n) is 8.25. The number of aromatic amines is 1. The first-order chi connectivity index (χ1) is 12.6. The predicted octanol–water partition coefficient (Wildman–Crippen LogP) is 3.26. The molecule has 0 aliphatic heterocycles. The van der Waals surface area contributed by atoms with Crippen molar-refractivity contribution < 1.29 is 9.53 Å². The highest BCUT2D eigenvalue weighted by molar-refractivity contribution is 6.03. The largest absolute Gasteiger partial charge is 0.497 e. The number of methoxy groups -OCH3 is 1. The Bertz CT molecular complexity index is 961. The molecule has 1 aromatic heterocycles. The van der Waals surface area contributed by atoms with E-state index in [4.69, 9.17) is 4.74 Å². The SMILES string of the molecule is CCc1ccc(NC(=O)c2cc(-c3ccc(OC)cc3)nc(=O)[nH]2)cc1. The van der Waals surface area contributed by atoms with E-state index in [1.54, 1.807) is 37.4 Å². The molecule has 0 fully saturated rings. The molecule has 0 aliphatic carbocycles. The van der Waals surface area contributed by atoms with E-state index in [-0.39, 0.29) is 5.69 Å². The van der Waals surface area contributed by atoms with Crippen molar-refractivity contribution in [2.75, 3.05) is 12.4 Å². The minimum absolute atomic E-state index is 0.149. The average molecular weight is 349 g/mol. The smallest absolute Gasteiger partial charge is 0.346 e. The highest BCUT2D eigenvalue weighted by Gasteiger charge is 2.11. The van der Waals surface area contributed by atoms with Crippen molar-refractivity contribution in [1.29, 1.82) is 0 Å². The molecule has 0 radical (unpaired) electrons. The van der Waals surface area contributed by atoms with Gasteiger partial charge in [-0.15, -0.1) is 0 Å². The van der Waals surface area contributed by atoms with E-state index in [0.717, 1.165) is 12.0 Å². The van der Waals surface area contributed by atoms with Gasteiger partial charge in [-0.25, -0.2) is 4.79 Å². The van der Waals surface area contributed by atoms with Gasteiger partial charge < -0.3 is 15.0 Å². The molecule has 1 amide bonds. The molecule has 6 heteroatoms. The van der Waals surface area contributed by atoms with Gasteiger partial charge in [-0.2, -0.15) is 4.98 Å². The number of hydrogen-bond acceptors (Lipinski definition) is 4. The summed E-state index contributed by atoms with van der Waals surface area (Å²) in [5, 5.41) is 2.78. The van der Waals surface area contributed by atoms with Crippen LogP contribution in [0.4, 0.5) is 5.69 Å². The minimum Gasteiger partial charge on any atom is -0.497 e. The summed E-state index contributed by atoms with van der Waals surface area (Å²) in [5.74, 6) is 0.301. The van der Waals surface area contributed by atoms with Gasteiger partial charge in [-0.3, -0.25) is 4.79 Å². The number of amides is 1. The van der Waals surface area contributed by atoms with Crippen molar-refractivity contribution >= 4 is 11.6 Å². The van der Waals surface area contributed by atoms with E-state index in [2.05, 4.69) is 22.2 Å². The van der Waals surface area contributed by atoms with E-state index in [1.165, 1.54) is 5.56 Å². The van der Waals surface area contributed by atoms with Crippen molar-refractivity contribution in [2.45, 2.75) is 13.3 Å². The molecule has 0 bridgehead atoms. The number of anilines is 1. The third-order valence-electron chi connectivity index (χ3n) is 4.00. The third kappa shape index (κ3) is 3.97. The summed E-state index contributed by atoms with van der Waals surface area (Å²) in [6.45, 7) is 2.07. The van der Waals surface area contributed by atoms with E-state index in [9.17, 15) is 9.59 Å². The summed E-state index contributed by atoms with van der Waals surface area (Å²) in [5.41, 5.74) is 2.55. The Hall–Kier alpha value is -3.41. The van der Waals surface area contributed by atoms with Crippen molar-refractivity contribution in [2.24, 2.45) is 0 Å². The summed E-state index contributed by atoms with van der Waals surface area (Å²) < 4.78 is 5.12. The zero-order valence-electron chi connectivity index (χ0n) is 14.6. The molecule has 6 nitrogen and oxygen atoms in total. The molecule has 3 rings (SSSR count). The lowest BCUT2D eigenvalue weighted by atomic mass is 10.1. The lowest BCUT2D eigenvalue weighted by Gasteiger charge is -2.08. The average Bonchev–Trinajstić information content (AvgIpc) is 2.68. The quantitative estimate of drug-likeness (QED) is 0.740. The fraction of sp³-hybridized carbons (Fsp3) is 0.150. The Morgan fingerprint density at radius 2 is 1.81 bits per heavy atom. The van der Waals surface area contributed by atoms with Crippen molar-refractivity contribution in [3.8, 4) is 17.0 Å². The number of hydrogen-bond donors (Lipinski definition) is 2. The second kappa shape index (κ2) is 7.65. The van der Waals surface area contributed by atoms with Gasteiger partial charge >= 0.3 is 5.69 Å². The number of carbonyl (C=O) groups is 1. The van der Waals surface area contributed by atoms with E-state index in [0.29, 0.717) is 17.1 Å². The number of ether oxygens (including phenoxy) is 1. The van der Waals surface area contributed by atoms with Crippen LogP contribution in [-0.4, -0.2) is 23.0 Å². The summed E-state index contributed by atoms with van der Waals surface area (Å²) in [6.07, 6.45) is 0.928. The number of aryl methyl sites for hydroxylation is 1. The van der Waals surface area contributed by atoms with Crippen LogP contribution in [-0.2, 0) is 6.42 Å². The van der Waals surface area contributed by atoms with Gasteiger partial charge in [0.25, 0.3) is 5.91 Å². The number of benzene rings is 2. The molecular formula is C20H19N3O3. The molecule has 0 atom stereocenters. The van der Waals surface area contributed by atoms with Crippen LogP contribution in [0.3, 0.4) is 0 Å². The van der Waals surface area contributed by atoms with Crippen LogP contribution in [0.5, 0.6) is 5.75 Å². The summed E-state index contributed by atoms with van der Waals surface area (Å²) in [7, 11) is 1.58. The Labute approximate surface area is 150 Å². The lowest BCUT2D eigenvalue weighted by molar-refractivity contribution is 0.102. The van der Waals surface area contributed by atoms with Gasteiger partial charge in [-0.05, 0) is 54.4 Å². The topological polar surface area (TPSA) is 84.1 Å². The number of carbonyl (C=O) groups excluding carboxylic acids is 1. The van der Waals surface area contributed by atoms with Gasteiger partial charge in [0.15, 0.2) is 0 Å². The van der Waals surface area contributed by atoms with Crippen LogP contribution in [0.2, 0.25) is 0 Å². The Kier molecular flexibility index (Phi) is 5.12. The van der Waals surface area contributed by atoms with E-state index < -0.39 is 11.6 Å². The van der Waals surface area contributed by atoms with Gasteiger partial charge in [0.1, 0.15) is 11.4 Å². The van der Waals surface area contributed by atoms with Gasteiger partial charge in [-0.1, -0.05) is 19.1 Å². The first-order valence-corrected chi connectivity index (χ1v) is 8.25. The fourth-order valence-electron chi connectivity index (χ4n) is 2.51. The maximum Gasteiger partial charge on any atom is 0.346 e. The maximum absolute atomic E-state index is 12.5. The summed E-state index contributed by atoms with van der Waals surface area (Å²) in [6, 6.07) is 16.2. The van der Waals surface area contributed by atoms with Crippen LogP contribution in [0.1, 0.15) is 23.0 Å². The monoisotopic (exact) mass is 349 g/mol. The summed E-state index contributed by atoms with van der Waals surface area (Å²) >= 11 is 0. The standard InChI is InChI=1S/C20H19N3O3/c1-3-13-4-8-15(9-5-13)21-19(24)18-12-17(22-20(25)23-18)14-6-10-16(26-2)11-7-14/h4-12H,3H2,1-2H3,(H,21,24)(H,22,23,25). The molecule has 0 spiro atoms. The maximum atomic E-state index is 12.5. The number of H-pyrrole nitrogens is 1. The second-order valence-electron chi connectivity index (χ2n) is 5.72.